The third kappa shape index (κ3) is 0.907. The average molecular weight is 137 g/mol. The Morgan fingerprint density at radius 3 is 2.20 bits per heavy atom. The molecular formula is C6H9N4. The molecule has 8 N–H and O–H groups in total. The van der Waals surface area contributed by atoms with E-state index < -0.39 is 0 Å². The molecule has 0 aromatic heterocycles. The molecular weight excluding hydrogens is 128 g/mol. The Bertz CT molecular complexity index is 233. The molecule has 0 aliphatic carbocycles. The highest BCUT2D eigenvalue weighted by Gasteiger charge is 1.99. The number of benzene rings is 1. The molecule has 53 valence electrons. The van der Waals surface area contributed by atoms with E-state index in [1.54, 1.807) is 0 Å². The fraction of sp³-hybridized carbons (Fsp3) is 0. The molecule has 0 aliphatic rings. The van der Waals surface area contributed by atoms with Crippen molar-refractivity contribution < 1.29 is 0 Å². The summed E-state index contributed by atoms with van der Waals surface area (Å²) in [6.07, 6.45) is 0. The zero-order chi connectivity index (χ0) is 7.72. The predicted octanol–water partition coefficient (Wildman–Crippen LogP) is -0.184. The minimum absolute atomic E-state index is 0.303. The van der Waals surface area contributed by atoms with Crippen LogP contribution in [0.25, 0.3) is 0 Å². The lowest BCUT2D eigenvalue weighted by atomic mass is 10.2. The van der Waals surface area contributed by atoms with Crippen LogP contribution >= 0.6 is 0 Å². The van der Waals surface area contributed by atoms with Crippen LogP contribution in [0.4, 0.5) is 22.7 Å². The SMILES string of the molecule is Nc1[c]c(N)c(N)c(N)c1. The van der Waals surface area contributed by atoms with Gasteiger partial charge in [-0.2, -0.15) is 0 Å². The number of anilines is 4. The van der Waals surface area contributed by atoms with Gasteiger partial charge in [0.2, 0.25) is 0 Å². The zero-order valence-corrected chi connectivity index (χ0v) is 5.39. The van der Waals surface area contributed by atoms with E-state index in [2.05, 4.69) is 6.07 Å². The predicted molar refractivity (Wildman–Crippen MR) is 42.9 cm³/mol. The van der Waals surface area contributed by atoms with Crippen molar-refractivity contribution in [3.05, 3.63) is 12.1 Å². The number of nitrogens with two attached hydrogens (primary N) is 4. The van der Waals surface area contributed by atoms with Gasteiger partial charge in [-0.05, 0) is 6.07 Å². The standard InChI is InChI=1S/C6H9N4/c7-3-1-4(8)6(10)5(9)2-3/h1H,7-10H2. The Morgan fingerprint density at radius 2 is 1.70 bits per heavy atom. The van der Waals surface area contributed by atoms with E-state index in [0.29, 0.717) is 22.7 Å². The van der Waals surface area contributed by atoms with Crippen molar-refractivity contribution in [2.45, 2.75) is 0 Å². The molecule has 0 spiro atoms. The summed E-state index contributed by atoms with van der Waals surface area (Å²) in [5.41, 5.74) is 23.0. The summed E-state index contributed by atoms with van der Waals surface area (Å²) in [4.78, 5) is 0. The molecule has 4 heteroatoms. The molecule has 0 atom stereocenters. The van der Waals surface area contributed by atoms with E-state index >= 15 is 0 Å². The maximum Gasteiger partial charge on any atom is 0.0789 e. The molecule has 0 saturated heterocycles. The minimum Gasteiger partial charge on any atom is -0.398 e. The maximum atomic E-state index is 5.42. The van der Waals surface area contributed by atoms with Crippen molar-refractivity contribution in [1.29, 1.82) is 0 Å². The van der Waals surface area contributed by atoms with Gasteiger partial charge in [0.05, 0.1) is 17.1 Å². The van der Waals surface area contributed by atoms with Crippen LogP contribution in [0.15, 0.2) is 6.07 Å². The summed E-state index contributed by atoms with van der Waals surface area (Å²) in [5.74, 6) is 0. The largest absolute Gasteiger partial charge is 0.398 e. The van der Waals surface area contributed by atoms with Crippen LogP contribution in [0.1, 0.15) is 0 Å². The second-order valence-corrected chi connectivity index (χ2v) is 2.01. The van der Waals surface area contributed by atoms with Crippen molar-refractivity contribution in [2.24, 2.45) is 0 Å². The molecule has 0 saturated carbocycles. The lowest BCUT2D eigenvalue weighted by Crippen LogP contribution is -2.01. The van der Waals surface area contributed by atoms with Crippen molar-refractivity contribution >= 4 is 22.7 Å². The van der Waals surface area contributed by atoms with Crippen LogP contribution in [0.3, 0.4) is 0 Å². The Kier molecular flexibility index (Phi) is 1.30. The second-order valence-electron chi connectivity index (χ2n) is 2.01. The van der Waals surface area contributed by atoms with Crippen LogP contribution in [0, 0.1) is 6.07 Å². The van der Waals surface area contributed by atoms with Gasteiger partial charge in [-0.3, -0.25) is 0 Å². The van der Waals surface area contributed by atoms with E-state index in [0.717, 1.165) is 0 Å². The second kappa shape index (κ2) is 1.98. The zero-order valence-electron chi connectivity index (χ0n) is 5.39. The first-order valence-corrected chi connectivity index (χ1v) is 2.73. The highest BCUT2D eigenvalue weighted by molar-refractivity contribution is 5.80. The summed E-state index contributed by atoms with van der Waals surface area (Å²) in [7, 11) is 0. The molecule has 10 heavy (non-hydrogen) atoms. The molecule has 0 fully saturated rings. The highest BCUT2D eigenvalue weighted by atomic mass is 14.7. The van der Waals surface area contributed by atoms with Crippen molar-refractivity contribution in [1.82, 2.24) is 0 Å². The van der Waals surface area contributed by atoms with Gasteiger partial charge in [-0.15, -0.1) is 0 Å². The van der Waals surface area contributed by atoms with Crippen LogP contribution < -0.4 is 22.9 Å². The fourth-order valence-electron chi connectivity index (χ4n) is 0.660. The van der Waals surface area contributed by atoms with E-state index in [-0.39, 0.29) is 0 Å². The normalized spacial score (nSPS) is 9.60. The van der Waals surface area contributed by atoms with E-state index in [1.807, 2.05) is 0 Å². The molecule has 4 nitrogen and oxygen atoms in total. The van der Waals surface area contributed by atoms with Crippen molar-refractivity contribution in [3.63, 3.8) is 0 Å². The van der Waals surface area contributed by atoms with E-state index in [9.17, 15) is 0 Å². The van der Waals surface area contributed by atoms with Gasteiger partial charge < -0.3 is 22.9 Å². The average Bonchev–Trinajstić information content (AvgIpc) is 1.82. The topological polar surface area (TPSA) is 104 Å². The maximum absolute atomic E-state index is 5.42. The first kappa shape index (κ1) is 6.54. The van der Waals surface area contributed by atoms with Gasteiger partial charge >= 0.3 is 0 Å². The molecule has 0 unspecified atom stereocenters. The molecule has 0 bridgehead atoms. The molecule has 1 aromatic carbocycles. The minimum atomic E-state index is 0.303. The first-order valence-electron chi connectivity index (χ1n) is 2.73. The molecule has 1 aromatic rings. The van der Waals surface area contributed by atoms with Gasteiger partial charge in [0, 0.05) is 11.8 Å². The quantitative estimate of drug-likeness (QED) is 0.372. The third-order valence-electron chi connectivity index (χ3n) is 1.19. The Hall–Kier alpha value is -1.58. The number of hydrogen-bond acceptors (Lipinski definition) is 4. The first-order chi connectivity index (χ1) is 4.61. The monoisotopic (exact) mass is 137 g/mol. The number of hydrogen-bond donors (Lipinski definition) is 4. The summed E-state index contributed by atoms with van der Waals surface area (Å²) in [6.45, 7) is 0. The number of nitrogen functional groups attached to an aromatic ring is 4. The Balaban J connectivity index is 3.31. The number of rotatable bonds is 0. The fourth-order valence-corrected chi connectivity index (χ4v) is 0.660. The van der Waals surface area contributed by atoms with Crippen LogP contribution in [0.2, 0.25) is 0 Å². The lowest BCUT2D eigenvalue weighted by molar-refractivity contribution is 1.62. The summed E-state index contributed by atoms with van der Waals surface area (Å²) in [5, 5.41) is 0. The van der Waals surface area contributed by atoms with Crippen molar-refractivity contribution in [3.8, 4) is 0 Å². The third-order valence-corrected chi connectivity index (χ3v) is 1.19. The highest BCUT2D eigenvalue weighted by Crippen LogP contribution is 2.24. The molecule has 0 heterocycles. The Labute approximate surface area is 58.8 Å². The van der Waals surface area contributed by atoms with Crippen molar-refractivity contribution in [2.75, 3.05) is 22.9 Å². The Morgan fingerprint density at radius 1 is 1.10 bits per heavy atom. The van der Waals surface area contributed by atoms with Gasteiger partial charge in [0.15, 0.2) is 0 Å². The van der Waals surface area contributed by atoms with E-state index in [1.165, 1.54) is 6.07 Å². The molecule has 0 amide bonds. The van der Waals surface area contributed by atoms with Gasteiger partial charge in [-0.25, -0.2) is 0 Å². The summed E-state index contributed by atoms with van der Waals surface area (Å²) < 4.78 is 0. The summed E-state index contributed by atoms with van der Waals surface area (Å²) in [6, 6.07) is 4.15. The molecule has 1 radical (unpaired) electrons. The van der Waals surface area contributed by atoms with Crippen LogP contribution in [-0.2, 0) is 0 Å². The summed E-state index contributed by atoms with van der Waals surface area (Å²) >= 11 is 0. The molecule has 0 aliphatic heterocycles. The van der Waals surface area contributed by atoms with Gasteiger partial charge in [0.25, 0.3) is 0 Å². The van der Waals surface area contributed by atoms with E-state index in [4.69, 9.17) is 22.9 Å². The van der Waals surface area contributed by atoms with Gasteiger partial charge in [0.1, 0.15) is 0 Å². The smallest absolute Gasteiger partial charge is 0.0789 e. The van der Waals surface area contributed by atoms with Crippen LogP contribution in [0.5, 0.6) is 0 Å². The van der Waals surface area contributed by atoms with Gasteiger partial charge in [-0.1, -0.05) is 0 Å². The van der Waals surface area contributed by atoms with Crippen LogP contribution in [-0.4, -0.2) is 0 Å². The molecule has 1 rings (SSSR count). The lowest BCUT2D eigenvalue weighted by Gasteiger charge is -2.03.